The van der Waals surface area contributed by atoms with Gasteiger partial charge in [-0.25, -0.2) is 4.79 Å². The molecule has 2 aliphatic heterocycles. The minimum absolute atomic E-state index is 0.321. The molecule has 0 N–H and O–H groups in total. The van der Waals surface area contributed by atoms with E-state index in [4.69, 9.17) is 16.3 Å². The Morgan fingerprint density at radius 1 is 1.33 bits per heavy atom. The minimum atomic E-state index is -0.796. The number of piperazine rings is 1. The van der Waals surface area contributed by atoms with E-state index in [9.17, 15) is 9.59 Å². The molecule has 2 heterocycles. The number of nitrogens with zero attached hydrogens (tertiary/aromatic N) is 4. The Labute approximate surface area is 128 Å². The number of alkyl halides is 1. The zero-order valence-electron chi connectivity index (χ0n) is 12.4. The van der Waals surface area contributed by atoms with E-state index in [1.165, 1.54) is 6.20 Å². The van der Waals surface area contributed by atoms with Crippen LogP contribution >= 0.6 is 11.6 Å². The first kappa shape index (κ1) is 15.8. The Hall–Kier alpha value is -1.63. The monoisotopic (exact) mass is 314 g/mol. The van der Waals surface area contributed by atoms with E-state index in [-0.39, 0.29) is 6.09 Å². The van der Waals surface area contributed by atoms with Crippen molar-refractivity contribution >= 4 is 23.6 Å². The second kappa shape index (κ2) is 6.01. The number of carbonyl (C=O) groups is 2. The first-order valence-electron chi connectivity index (χ1n) is 6.79. The van der Waals surface area contributed by atoms with Gasteiger partial charge in [0.25, 0.3) is 5.91 Å². The molecule has 0 aromatic carbocycles. The van der Waals surface area contributed by atoms with Crippen molar-refractivity contribution in [3.05, 3.63) is 11.9 Å². The fourth-order valence-corrected chi connectivity index (χ4v) is 2.34. The van der Waals surface area contributed by atoms with Crippen LogP contribution in [0, 0.1) is 0 Å². The van der Waals surface area contributed by atoms with Crippen LogP contribution in [0.4, 0.5) is 4.79 Å². The van der Waals surface area contributed by atoms with Crippen LogP contribution in [-0.2, 0) is 9.53 Å². The molecule has 21 heavy (non-hydrogen) atoms. The van der Waals surface area contributed by atoms with Crippen LogP contribution in [0.15, 0.2) is 22.1 Å². The number of rotatable bonds is 1. The summed E-state index contributed by atoms with van der Waals surface area (Å²) in [5.74, 6) is -0.455. The van der Waals surface area contributed by atoms with E-state index in [1.807, 2.05) is 25.7 Å². The Bertz CT molecular complexity index is 490. The molecule has 0 radical (unpaired) electrons. The molecular weight excluding hydrogens is 296 g/mol. The summed E-state index contributed by atoms with van der Waals surface area (Å²) in [4.78, 5) is 27.0. The SMILES string of the molecule is CC(C)(C)OC(=O)N1CCN(C2=CN=NC(=O)C2Cl)CC1. The predicted molar refractivity (Wildman–Crippen MR) is 77.0 cm³/mol. The molecule has 0 bridgehead atoms. The van der Waals surface area contributed by atoms with Gasteiger partial charge in [-0.15, -0.1) is 16.7 Å². The molecule has 0 spiro atoms. The van der Waals surface area contributed by atoms with Crippen LogP contribution in [0.5, 0.6) is 0 Å². The Balaban J connectivity index is 1.92. The Morgan fingerprint density at radius 3 is 2.52 bits per heavy atom. The lowest BCUT2D eigenvalue weighted by atomic mass is 10.2. The molecule has 1 unspecified atom stereocenters. The smallest absolute Gasteiger partial charge is 0.410 e. The molecule has 2 amide bonds. The van der Waals surface area contributed by atoms with Gasteiger partial charge >= 0.3 is 6.09 Å². The first-order chi connectivity index (χ1) is 9.78. The third kappa shape index (κ3) is 3.93. The van der Waals surface area contributed by atoms with Gasteiger partial charge in [0.15, 0.2) is 5.38 Å². The maximum absolute atomic E-state index is 12.0. The molecule has 0 aliphatic carbocycles. The average molecular weight is 315 g/mol. The lowest BCUT2D eigenvalue weighted by Crippen LogP contribution is -2.50. The largest absolute Gasteiger partial charge is 0.444 e. The van der Waals surface area contributed by atoms with Gasteiger partial charge in [-0.1, -0.05) is 0 Å². The number of amides is 2. The van der Waals surface area contributed by atoms with Crippen LogP contribution in [-0.4, -0.2) is 59.0 Å². The average Bonchev–Trinajstić information content (AvgIpc) is 2.40. The van der Waals surface area contributed by atoms with Crippen LogP contribution in [0.3, 0.4) is 0 Å². The van der Waals surface area contributed by atoms with E-state index in [0.29, 0.717) is 31.9 Å². The first-order valence-corrected chi connectivity index (χ1v) is 7.23. The lowest BCUT2D eigenvalue weighted by Gasteiger charge is -2.38. The lowest BCUT2D eigenvalue weighted by molar-refractivity contribution is -0.118. The van der Waals surface area contributed by atoms with Crippen molar-refractivity contribution in [3.8, 4) is 0 Å². The van der Waals surface area contributed by atoms with Crippen LogP contribution < -0.4 is 0 Å². The van der Waals surface area contributed by atoms with Crippen LogP contribution in [0.25, 0.3) is 0 Å². The molecule has 1 saturated heterocycles. The third-order valence-electron chi connectivity index (χ3n) is 3.12. The molecule has 2 rings (SSSR count). The van der Waals surface area contributed by atoms with Crippen molar-refractivity contribution in [3.63, 3.8) is 0 Å². The molecule has 0 aromatic heterocycles. The van der Waals surface area contributed by atoms with Gasteiger partial charge in [-0.2, -0.15) is 5.11 Å². The molecule has 7 nitrogen and oxygen atoms in total. The quantitative estimate of drug-likeness (QED) is 0.694. The van der Waals surface area contributed by atoms with Crippen molar-refractivity contribution in [1.82, 2.24) is 9.80 Å². The summed E-state index contributed by atoms with van der Waals surface area (Å²) in [5.41, 5.74) is 0.134. The Kier molecular flexibility index (Phi) is 4.51. The fourth-order valence-electron chi connectivity index (χ4n) is 2.10. The van der Waals surface area contributed by atoms with Crippen LogP contribution in [0.2, 0.25) is 0 Å². The fraction of sp³-hybridized carbons (Fsp3) is 0.692. The molecule has 0 aromatic rings. The highest BCUT2D eigenvalue weighted by Gasteiger charge is 2.31. The zero-order valence-corrected chi connectivity index (χ0v) is 13.1. The van der Waals surface area contributed by atoms with Crippen molar-refractivity contribution < 1.29 is 14.3 Å². The number of hydrogen-bond donors (Lipinski definition) is 0. The normalized spacial score (nSPS) is 23.1. The third-order valence-corrected chi connectivity index (χ3v) is 3.53. The highest BCUT2D eigenvalue weighted by molar-refractivity contribution is 6.33. The molecular formula is C13H19ClN4O3. The maximum atomic E-state index is 12.0. The van der Waals surface area contributed by atoms with Gasteiger partial charge in [0.05, 0.1) is 11.9 Å². The number of hydrogen-bond acceptors (Lipinski definition) is 5. The van der Waals surface area contributed by atoms with E-state index >= 15 is 0 Å². The van der Waals surface area contributed by atoms with Gasteiger partial charge in [0, 0.05) is 26.2 Å². The van der Waals surface area contributed by atoms with E-state index in [0.717, 1.165) is 0 Å². The maximum Gasteiger partial charge on any atom is 0.410 e. The van der Waals surface area contributed by atoms with E-state index < -0.39 is 16.9 Å². The number of ether oxygens (including phenoxy) is 1. The minimum Gasteiger partial charge on any atom is -0.444 e. The van der Waals surface area contributed by atoms with Crippen LogP contribution in [0.1, 0.15) is 20.8 Å². The predicted octanol–water partition coefficient (Wildman–Crippen LogP) is 1.98. The summed E-state index contributed by atoms with van der Waals surface area (Å²) >= 11 is 6.03. The number of azo groups is 1. The number of halogens is 1. The highest BCUT2D eigenvalue weighted by atomic mass is 35.5. The van der Waals surface area contributed by atoms with Gasteiger partial charge < -0.3 is 14.5 Å². The highest BCUT2D eigenvalue weighted by Crippen LogP contribution is 2.22. The van der Waals surface area contributed by atoms with Gasteiger partial charge in [0.2, 0.25) is 0 Å². The summed E-state index contributed by atoms with van der Waals surface area (Å²) in [6.07, 6.45) is 1.18. The van der Waals surface area contributed by atoms with E-state index in [2.05, 4.69) is 10.2 Å². The summed E-state index contributed by atoms with van der Waals surface area (Å²) in [5, 5.41) is 6.26. The molecule has 0 saturated carbocycles. The zero-order chi connectivity index (χ0) is 15.6. The summed E-state index contributed by atoms with van der Waals surface area (Å²) < 4.78 is 5.34. The second-order valence-corrected chi connectivity index (χ2v) is 6.36. The second-order valence-electron chi connectivity index (χ2n) is 5.92. The molecule has 2 aliphatic rings. The molecule has 116 valence electrons. The summed E-state index contributed by atoms with van der Waals surface area (Å²) in [7, 11) is 0. The Morgan fingerprint density at radius 2 is 1.95 bits per heavy atom. The van der Waals surface area contributed by atoms with Crippen molar-refractivity contribution in [2.24, 2.45) is 10.2 Å². The van der Waals surface area contributed by atoms with Gasteiger partial charge in [-0.3, -0.25) is 4.79 Å². The van der Waals surface area contributed by atoms with Crippen molar-refractivity contribution in [2.75, 3.05) is 26.2 Å². The topological polar surface area (TPSA) is 74.6 Å². The molecule has 1 fully saturated rings. The standard InChI is InChI=1S/C13H19ClN4O3/c1-13(2,3)21-12(20)18-6-4-17(5-7-18)9-8-15-16-11(19)10(9)14/h8,10H,4-7H2,1-3H3. The van der Waals surface area contributed by atoms with E-state index in [1.54, 1.807) is 4.90 Å². The summed E-state index contributed by atoms with van der Waals surface area (Å²) in [6.45, 7) is 7.70. The number of carbonyl (C=O) groups excluding carboxylic acids is 2. The van der Waals surface area contributed by atoms with Gasteiger partial charge in [-0.05, 0) is 20.8 Å². The van der Waals surface area contributed by atoms with Crippen molar-refractivity contribution in [1.29, 1.82) is 0 Å². The summed E-state index contributed by atoms with van der Waals surface area (Å²) in [6, 6.07) is 0. The van der Waals surface area contributed by atoms with Crippen molar-refractivity contribution in [2.45, 2.75) is 31.7 Å². The molecule has 8 heteroatoms. The molecule has 1 atom stereocenters. The van der Waals surface area contributed by atoms with Gasteiger partial charge in [0.1, 0.15) is 5.60 Å².